The van der Waals surface area contributed by atoms with Crippen LogP contribution in [0.1, 0.15) is 16.5 Å². The highest BCUT2D eigenvalue weighted by atomic mass is 79.9. The average Bonchev–Trinajstić information content (AvgIpc) is 2.26. The van der Waals surface area contributed by atoms with Gasteiger partial charge in [0.2, 0.25) is 0 Å². The van der Waals surface area contributed by atoms with Crippen molar-refractivity contribution in [1.29, 1.82) is 0 Å². The van der Waals surface area contributed by atoms with Gasteiger partial charge in [-0.1, -0.05) is 33.6 Å². The van der Waals surface area contributed by atoms with Crippen molar-refractivity contribution in [2.75, 3.05) is 0 Å². The summed E-state index contributed by atoms with van der Waals surface area (Å²) < 4.78 is 40.7. The van der Waals surface area contributed by atoms with E-state index in [4.69, 9.17) is 23.2 Å². The number of halogens is 6. The lowest BCUT2D eigenvalue weighted by molar-refractivity contribution is 0.526. The normalized spacial score (nSPS) is 12.5. The Morgan fingerprint density at radius 1 is 1.00 bits per heavy atom. The summed E-state index contributed by atoms with van der Waals surface area (Å²) in [6, 6.07) is 5.85. The van der Waals surface area contributed by atoms with Crippen molar-refractivity contribution in [3.8, 4) is 0 Å². The summed E-state index contributed by atoms with van der Waals surface area (Å²) in [6.07, 6.45) is 0. The predicted octanol–water partition coefficient (Wildman–Crippen LogP) is 5.85. The maximum Gasteiger partial charge on any atom is 0.134 e. The molecular formula is C13H6BrCl2F3. The Morgan fingerprint density at radius 2 is 1.58 bits per heavy atom. The summed E-state index contributed by atoms with van der Waals surface area (Å²) >= 11 is 15.1. The van der Waals surface area contributed by atoms with E-state index >= 15 is 0 Å². The maximum atomic E-state index is 13.7. The number of hydrogen-bond donors (Lipinski definition) is 0. The minimum atomic E-state index is -1.09. The Hall–Kier alpha value is -0.710. The molecule has 0 aliphatic heterocycles. The zero-order valence-corrected chi connectivity index (χ0v) is 12.3. The quantitative estimate of drug-likeness (QED) is 0.582. The van der Waals surface area contributed by atoms with E-state index < -0.39 is 28.4 Å². The molecule has 19 heavy (non-hydrogen) atoms. The van der Waals surface area contributed by atoms with Crippen LogP contribution in [0, 0.1) is 17.5 Å². The summed E-state index contributed by atoms with van der Waals surface area (Å²) in [4.78, 5) is 0. The highest BCUT2D eigenvalue weighted by molar-refractivity contribution is 9.10. The van der Waals surface area contributed by atoms with Gasteiger partial charge in [-0.15, -0.1) is 11.6 Å². The number of alkyl halides is 1. The van der Waals surface area contributed by atoms with E-state index in [2.05, 4.69) is 15.9 Å². The van der Waals surface area contributed by atoms with Crippen LogP contribution in [0.2, 0.25) is 5.02 Å². The molecule has 0 spiro atoms. The van der Waals surface area contributed by atoms with Crippen LogP contribution in [0.4, 0.5) is 13.2 Å². The molecule has 0 fully saturated rings. The standard InChI is InChI=1S/C13H6BrCl2F3/c14-9-3-6(15)1-2-8(9)13(16)12-10(18)4-7(17)5-11(12)19/h1-5,13H. The van der Waals surface area contributed by atoms with Gasteiger partial charge in [-0.25, -0.2) is 13.2 Å². The summed E-state index contributed by atoms with van der Waals surface area (Å²) in [5.74, 6) is -3.04. The monoisotopic (exact) mass is 368 g/mol. The van der Waals surface area contributed by atoms with Crippen LogP contribution in [0.15, 0.2) is 34.8 Å². The van der Waals surface area contributed by atoms with Crippen LogP contribution in [0.3, 0.4) is 0 Å². The van der Waals surface area contributed by atoms with Crippen molar-refractivity contribution in [3.63, 3.8) is 0 Å². The largest absolute Gasteiger partial charge is 0.207 e. The van der Waals surface area contributed by atoms with Crippen LogP contribution >= 0.6 is 39.1 Å². The van der Waals surface area contributed by atoms with Gasteiger partial charge in [0.05, 0.1) is 5.38 Å². The molecule has 100 valence electrons. The SMILES string of the molecule is Fc1cc(F)c(C(Cl)c2ccc(Cl)cc2Br)c(F)c1. The Morgan fingerprint density at radius 3 is 2.11 bits per heavy atom. The molecule has 0 aromatic heterocycles. The molecule has 0 aliphatic rings. The highest BCUT2D eigenvalue weighted by Gasteiger charge is 2.22. The first kappa shape index (κ1) is 14.7. The fraction of sp³-hybridized carbons (Fsp3) is 0.0769. The third-order valence-corrected chi connectivity index (χ3v) is 3.91. The molecule has 0 aliphatic carbocycles. The lowest BCUT2D eigenvalue weighted by Gasteiger charge is -2.14. The number of hydrogen-bond acceptors (Lipinski definition) is 0. The van der Waals surface area contributed by atoms with Crippen molar-refractivity contribution < 1.29 is 13.2 Å². The predicted molar refractivity (Wildman–Crippen MR) is 73.2 cm³/mol. The van der Waals surface area contributed by atoms with Crippen molar-refractivity contribution in [3.05, 3.63) is 68.4 Å². The van der Waals surface area contributed by atoms with Crippen LogP contribution in [0.25, 0.3) is 0 Å². The van der Waals surface area contributed by atoms with E-state index in [1.807, 2.05) is 0 Å². The smallest absolute Gasteiger partial charge is 0.134 e. The molecule has 6 heteroatoms. The van der Waals surface area contributed by atoms with Crippen molar-refractivity contribution in [2.45, 2.75) is 5.38 Å². The lowest BCUT2D eigenvalue weighted by atomic mass is 10.0. The molecule has 0 amide bonds. The number of benzene rings is 2. The fourth-order valence-corrected chi connectivity index (χ4v) is 3.10. The first-order valence-electron chi connectivity index (χ1n) is 5.13. The molecule has 2 aromatic rings. The van der Waals surface area contributed by atoms with Crippen molar-refractivity contribution in [1.82, 2.24) is 0 Å². The van der Waals surface area contributed by atoms with E-state index in [0.717, 1.165) is 0 Å². The van der Waals surface area contributed by atoms with Crippen LogP contribution in [-0.2, 0) is 0 Å². The van der Waals surface area contributed by atoms with Gasteiger partial charge in [-0.2, -0.15) is 0 Å². The molecule has 0 heterocycles. The van der Waals surface area contributed by atoms with E-state index in [-0.39, 0.29) is 0 Å². The van der Waals surface area contributed by atoms with Gasteiger partial charge in [-0.05, 0) is 17.7 Å². The average molecular weight is 370 g/mol. The third kappa shape index (κ3) is 3.07. The Balaban J connectivity index is 2.53. The van der Waals surface area contributed by atoms with Gasteiger partial charge >= 0.3 is 0 Å². The van der Waals surface area contributed by atoms with Crippen molar-refractivity contribution >= 4 is 39.1 Å². The molecule has 2 rings (SSSR count). The minimum absolute atomic E-state index is 0.397. The topological polar surface area (TPSA) is 0 Å². The van der Waals surface area contributed by atoms with Crippen molar-refractivity contribution in [2.24, 2.45) is 0 Å². The summed E-state index contributed by atoms with van der Waals surface area (Å²) in [5, 5.41) is -0.633. The zero-order chi connectivity index (χ0) is 14.2. The van der Waals surface area contributed by atoms with Gasteiger partial charge < -0.3 is 0 Å². The second kappa shape index (κ2) is 5.73. The maximum absolute atomic E-state index is 13.7. The van der Waals surface area contributed by atoms with Gasteiger partial charge in [0.25, 0.3) is 0 Å². The highest BCUT2D eigenvalue weighted by Crippen LogP contribution is 2.37. The molecule has 0 nitrogen and oxygen atoms in total. The molecule has 1 unspecified atom stereocenters. The van der Waals surface area contributed by atoms with Crippen LogP contribution in [0.5, 0.6) is 0 Å². The van der Waals surface area contributed by atoms with E-state index in [1.165, 1.54) is 0 Å². The van der Waals surface area contributed by atoms with Gasteiger partial charge in [0, 0.05) is 27.2 Å². The Kier molecular flexibility index (Phi) is 4.43. The van der Waals surface area contributed by atoms with Gasteiger partial charge in [-0.3, -0.25) is 0 Å². The Bertz CT molecular complexity index is 608. The molecule has 1 atom stereocenters. The fourth-order valence-electron chi connectivity index (χ4n) is 1.66. The van der Waals surface area contributed by atoms with Gasteiger partial charge in [0.1, 0.15) is 17.5 Å². The zero-order valence-electron chi connectivity index (χ0n) is 9.23. The van der Waals surface area contributed by atoms with Gasteiger partial charge in [0.15, 0.2) is 0 Å². The van der Waals surface area contributed by atoms with E-state index in [0.29, 0.717) is 27.2 Å². The minimum Gasteiger partial charge on any atom is -0.207 e. The number of rotatable bonds is 2. The van der Waals surface area contributed by atoms with Crippen LogP contribution < -0.4 is 0 Å². The summed E-state index contributed by atoms with van der Waals surface area (Å²) in [5.41, 5.74) is 0.0431. The van der Waals surface area contributed by atoms with E-state index in [1.54, 1.807) is 18.2 Å². The summed E-state index contributed by atoms with van der Waals surface area (Å²) in [7, 11) is 0. The molecular weight excluding hydrogens is 364 g/mol. The second-order valence-corrected chi connectivity index (χ2v) is 5.54. The molecule has 0 saturated heterocycles. The molecule has 0 saturated carbocycles. The summed E-state index contributed by atoms with van der Waals surface area (Å²) in [6.45, 7) is 0. The molecule has 0 radical (unpaired) electrons. The lowest BCUT2D eigenvalue weighted by Crippen LogP contribution is -2.03. The van der Waals surface area contributed by atoms with Crippen LogP contribution in [-0.4, -0.2) is 0 Å². The van der Waals surface area contributed by atoms with E-state index in [9.17, 15) is 13.2 Å². The first-order valence-corrected chi connectivity index (χ1v) is 6.74. The third-order valence-electron chi connectivity index (χ3n) is 2.53. The second-order valence-electron chi connectivity index (χ2n) is 3.81. The first-order chi connectivity index (χ1) is 8.90. The molecule has 0 N–H and O–H groups in total. The molecule has 2 aromatic carbocycles. The Labute approximate surface area is 126 Å². The molecule has 0 bridgehead atoms.